The molecule has 0 amide bonds. The number of anilines is 1. The molecule has 3 rings (SSSR count). The van der Waals surface area contributed by atoms with Crippen LogP contribution in [0.25, 0.3) is 0 Å². The summed E-state index contributed by atoms with van der Waals surface area (Å²) in [6.45, 7) is 0.490. The number of aromatic nitrogens is 3. The first kappa shape index (κ1) is 13.7. The van der Waals surface area contributed by atoms with E-state index in [0.717, 1.165) is 17.8 Å². The topological polar surface area (TPSA) is 97.1 Å². The Morgan fingerprint density at radius 2 is 2.33 bits per heavy atom. The van der Waals surface area contributed by atoms with Crippen LogP contribution in [0.4, 0.5) is 5.82 Å². The van der Waals surface area contributed by atoms with Crippen LogP contribution in [0.1, 0.15) is 34.4 Å². The van der Waals surface area contributed by atoms with Gasteiger partial charge in [0.2, 0.25) is 0 Å². The Balaban J connectivity index is 1.61. The Kier molecular flexibility index (Phi) is 3.70. The van der Waals surface area contributed by atoms with Crippen molar-refractivity contribution >= 4 is 23.1 Å². The van der Waals surface area contributed by atoms with Gasteiger partial charge in [-0.3, -0.25) is 4.79 Å². The lowest BCUT2D eigenvalue weighted by Crippen LogP contribution is -2.24. The molecular weight excluding hydrogens is 292 g/mol. The van der Waals surface area contributed by atoms with Crippen LogP contribution in [-0.4, -0.2) is 32.2 Å². The van der Waals surface area contributed by atoms with Gasteiger partial charge in [0.15, 0.2) is 11.5 Å². The average Bonchev–Trinajstić information content (AvgIpc) is 3.19. The SMILES string of the molecule is O=C(O)c1csc(CCNc2nccn(C3CC3)c2=O)n1. The molecule has 1 saturated carbocycles. The van der Waals surface area contributed by atoms with Gasteiger partial charge in [0, 0.05) is 36.8 Å². The molecule has 0 atom stereocenters. The fourth-order valence-corrected chi connectivity index (χ4v) is 2.77. The number of thiazole rings is 1. The van der Waals surface area contributed by atoms with Crippen molar-refractivity contribution in [3.05, 3.63) is 38.8 Å². The van der Waals surface area contributed by atoms with Gasteiger partial charge in [-0.25, -0.2) is 14.8 Å². The third kappa shape index (κ3) is 3.10. The van der Waals surface area contributed by atoms with Crippen LogP contribution in [0, 0.1) is 0 Å². The van der Waals surface area contributed by atoms with E-state index < -0.39 is 5.97 Å². The lowest BCUT2D eigenvalue weighted by molar-refractivity contribution is 0.0691. The highest BCUT2D eigenvalue weighted by atomic mass is 32.1. The smallest absolute Gasteiger partial charge is 0.355 e. The van der Waals surface area contributed by atoms with Crippen molar-refractivity contribution in [1.29, 1.82) is 0 Å². The predicted molar refractivity (Wildman–Crippen MR) is 78.0 cm³/mol. The number of nitrogens with zero attached hydrogens (tertiary/aromatic N) is 3. The maximum atomic E-state index is 12.1. The largest absolute Gasteiger partial charge is 0.476 e. The van der Waals surface area contributed by atoms with Crippen LogP contribution in [0.5, 0.6) is 0 Å². The standard InChI is InChI=1S/C13H14N4O3S/c18-12-11(15-5-6-17(12)8-1-2-8)14-4-3-10-16-9(7-21-10)13(19)20/h5-8H,1-4H2,(H,14,15)(H,19,20). The molecule has 1 aliphatic rings. The third-order valence-electron chi connectivity index (χ3n) is 3.21. The van der Waals surface area contributed by atoms with Gasteiger partial charge in [-0.1, -0.05) is 0 Å². The molecule has 0 radical (unpaired) electrons. The molecule has 8 heteroatoms. The van der Waals surface area contributed by atoms with Crippen molar-refractivity contribution in [1.82, 2.24) is 14.5 Å². The minimum atomic E-state index is -1.03. The first-order valence-electron chi connectivity index (χ1n) is 6.64. The molecule has 0 aliphatic heterocycles. The van der Waals surface area contributed by atoms with E-state index in [1.54, 1.807) is 17.0 Å². The zero-order valence-corrected chi connectivity index (χ0v) is 12.0. The van der Waals surface area contributed by atoms with Crippen molar-refractivity contribution in [2.45, 2.75) is 25.3 Å². The summed E-state index contributed by atoms with van der Waals surface area (Å²) >= 11 is 1.30. The predicted octanol–water partition coefficient (Wildman–Crippen LogP) is 1.39. The van der Waals surface area contributed by atoms with Crippen molar-refractivity contribution in [2.24, 2.45) is 0 Å². The Labute approximate surface area is 124 Å². The zero-order chi connectivity index (χ0) is 14.8. The van der Waals surface area contributed by atoms with Gasteiger partial charge in [-0.05, 0) is 12.8 Å². The van der Waals surface area contributed by atoms with E-state index in [2.05, 4.69) is 15.3 Å². The summed E-state index contributed by atoms with van der Waals surface area (Å²) in [5, 5.41) is 14.0. The highest BCUT2D eigenvalue weighted by Gasteiger charge is 2.25. The summed E-state index contributed by atoms with van der Waals surface area (Å²) in [5.74, 6) is -0.693. The van der Waals surface area contributed by atoms with Gasteiger partial charge >= 0.3 is 5.97 Å². The number of carboxylic acids is 1. The second-order valence-corrected chi connectivity index (χ2v) is 5.77. The highest BCUT2D eigenvalue weighted by Crippen LogP contribution is 2.33. The molecule has 0 saturated heterocycles. The molecule has 2 heterocycles. The molecule has 2 aromatic rings. The normalized spacial score (nSPS) is 14.1. The third-order valence-corrected chi connectivity index (χ3v) is 4.12. The number of aromatic carboxylic acids is 1. The molecule has 1 aliphatic carbocycles. The van der Waals surface area contributed by atoms with E-state index >= 15 is 0 Å². The Morgan fingerprint density at radius 3 is 3.00 bits per heavy atom. The molecule has 21 heavy (non-hydrogen) atoms. The average molecular weight is 306 g/mol. The van der Waals surface area contributed by atoms with Gasteiger partial charge in [-0.15, -0.1) is 11.3 Å². The lowest BCUT2D eigenvalue weighted by Gasteiger charge is -2.07. The minimum absolute atomic E-state index is 0.0592. The Bertz CT molecular complexity index is 720. The quantitative estimate of drug-likeness (QED) is 0.837. The van der Waals surface area contributed by atoms with E-state index in [1.807, 2.05) is 0 Å². The number of hydrogen-bond acceptors (Lipinski definition) is 6. The molecule has 2 N–H and O–H groups in total. The molecule has 0 aromatic carbocycles. The monoisotopic (exact) mass is 306 g/mol. The van der Waals surface area contributed by atoms with E-state index in [4.69, 9.17) is 5.11 Å². The molecule has 110 valence electrons. The summed E-state index contributed by atoms with van der Waals surface area (Å²) in [6, 6.07) is 0.318. The molecular formula is C13H14N4O3S. The van der Waals surface area contributed by atoms with Crippen molar-refractivity contribution in [3.63, 3.8) is 0 Å². The zero-order valence-electron chi connectivity index (χ0n) is 11.2. The van der Waals surface area contributed by atoms with E-state index in [9.17, 15) is 9.59 Å². The van der Waals surface area contributed by atoms with Crippen LogP contribution >= 0.6 is 11.3 Å². The van der Waals surface area contributed by atoms with Gasteiger partial charge in [0.25, 0.3) is 5.56 Å². The summed E-state index contributed by atoms with van der Waals surface area (Å²) in [4.78, 5) is 30.9. The first-order chi connectivity index (χ1) is 10.1. The number of carbonyl (C=O) groups is 1. The minimum Gasteiger partial charge on any atom is -0.476 e. The Hall–Kier alpha value is -2.22. The van der Waals surface area contributed by atoms with Gasteiger partial charge in [-0.2, -0.15) is 0 Å². The number of carboxylic acid groups (broad SMARTS) is 1. The van der Waals surface area contributed by atoms with Crippen molar-refractivity contribution in [2.75, 3.05) is 11.9 Å². The molecule has 0 unspecified atom stereocenters. The Morgan fingerprint density at radius 1 is 1.52 bits per heavy atom. The van der Waals surface area contributed by atoms with Crippen LogP contribution in [0.15, 0.2) is 22.6 Å². The summed E-state index contributed by atoms with van der Waals surface area (Å²) in [7, 11) is 0. The molecule has 1 fully saturated rings. The highest BCUT2D eigenvalue weighted by molar-refractivity contribution is 7.09. The first-order valence-corrected chi connectivity index (χ1v) is 7.52. The second kappa shape index (κ2) is 5.65. The lowest BCUT2D eigenvalue weighted by atomic mass is 10.4. The van der Waals surface area contributed by atoms with Crippen LogP contribution < -0.4 is 10.9 Å². The molecule has 0 spiro atoms. The number of nitrogens with one attached hydrogen (secondary N) is 1. The van der Waals surface area contributed by atoms with Crippen molar-refractivity contribution in [3.8, 4) is 0 Å². The second-order valence-electron chi connectivity index (χ2n) is 4.83. The summed E-state index contributed by atoms with van der Waals surface area (Å²) in [6.07, 6.45) is 5.97. The number of rotatable bonds is 6. The number of hydrogen-bond donors (Lipinski definition) is 2. The van der Waals surface area contributed by atoms with Crippen LogP contribution in [0.2, 0.25) is 0 Å². The summed E-state index contributed by atoms with van der Waals surface area (Å²) in [5.41, 5.74) is -0.0470. The van der Waals surface area contributed by atoms with Gasteiger partial charge < -0.3 is 15.0 Å². The van der Waals surface area contributed by atoms with E-state index in [1.165, 1.54) is 16.7 Å². The molecule has 7 nitrogen and oxygen atoms in total. The van der Waals surface area contributed by atoms with Gasteiger partial charge in [0.05, 0.1) is 5.01 Å². The summed E-state index contributed by atoms with van der Waals surface area (Å²) < 4.78 is 1.71. The molecule has 0 bridgehead atoms. The van der Waals surface area contributed by atoms with Gasteiger partial charge in [0.1, 0.15) is 0 Å². The molecule has 2 aromatic heterocycles. The van der Waals surface area contributed by atoms with E-state index in [0.29, 0.717) is 24.8 Å². The van der Waals surface area contributed by atoms with E-state index in [-0.39, 0.29) is 11.3 Å². The van der Waals surface area contributed by atoms with Crippen LogP contribution in [-0.2, 0) is 6.42 Å². The maximum absolute atomic E-state index is 12.1. The fraction of sp³-hybridized carbons (Fsp3) is 0.385. The maximum Gasteiger partial charge on any atom is 0.355 e. The van der Waals surface area contributed by atoms with Crippen LogP contribution in [0.3, 0.4) is 0 Å². The fourth-order valence-electron chi connectivity index (χ4n) is 2.00. The van der Waals surface area contributed by atoms with Crippen molar-refractivity contribution < 1.29 is 9.90 Å².